The van der Waals surface area contributed by atoms with Crippen LogP contribution in [0.5, 0.6) is 0 Å². The van der Waals surface area contributed by atoms with Crippen molar-refractivity contribution in [3.63, 3.8) is 0 Å². The second-order valence-corrected chi connectivity index (χ2v) is 4.91. The molecule has 94 valence electrons. The van der Waals surface area contributed by atoms with E-state index in [9.17, 15) is 4.79 Å². The summed E-state index contributed by atoms with van der Waals surface area (Å²) in [6, 6.07) is 15.6. The minimum atomic E-state index is 0.0604. The molecule has 1 heterocycles. The standard InChI is InChI=1S/C17H15NO/c1-11-7-8-12(2)14(9-11)16-10-17(19)13-5-3-4-6-15(13)18-16/h3-10H,1-2H3,(H,18,19). The number of para-hydroxylation sites is 1. The van der Waals surface area contributed by atoms with Crippen LogP contribution in [-0.4, -0.2) is 4.98 Å². The summed E-state index contributed by atoms with van der Waals surface area (Å²) in [6.07, 6.45) is 0. The highest BCUT2D eigenvalue weighted by Gasteiger charge is 2.06. The van der Waals surface area contributed by atoms with Crippen LogP contribution >= 0.6 is 0 Å². The smallest absolute Gasteiger partial charge is 0.190 e. The van der Waals surface area contributed by atoms with Crippen LogP contribution in [0.2, 0.25) is 0 Å². The molecule has 0 radical (unpaired) electrons. The van der Waals surface area contributed by atoms with Crippen molar-refractivity contribution >= 4 is 10.9 Å². The Morgan fingerprint density at radius 2 is 1.74 bits per heavy atom. The highest BCUT2D eigenvalue weighted by molar-refractivity contribution is 5.81. The van der Waals surface area contributed by atoms with E-state index in [1.807, 2.05) is 24.3 Å². The highest BCUT2D eigenvalue weighted by atomic mass is 16.1. The molecular formula is C17H15NO. The van der Waals surface area contributed by atoms with Crippen LogP contribution in [0, 0.1) is 13.8 Å². The summed E-state index contributed by atoms with van der Waals surface area (Å²) in [6.45, 7) is 4.12. The van der Waals surface area contributed by atoms with Gasteiger partial charge in [-0.25, -0.2) is 0 Å². The molecule has 3 rings (SSSR count). The Balaban J connectivity index is 2.31. The maximum atomic E-state index is 12.1. The molecule has 2 heteroatoms. The van der Waals surface area contributed by atoms with Crippen LogP contribution < -0.4 is 5.43 Å². The molecule has 0 aliphatic carbocycles. The van der Waals surface area contributed by atoms with E-state index in [0.29, 0.717) is 0 Å². The molecule has 2 nitrogen and oxygen atoms in total. The SMILES string of the molecule is Cc1ccc(C)c(-c2cc(=O)c3ccccc3[nH]2)c1. The van der Waals surface area contributed by atoms with E-state index < -0.39 is 0 Å². The predicted octanol–water partition coefficient (Wildman–Crippen LogP) is 3.81. The lowest BCUT2D eigenvalue weighted by atomic mass is 10.0. The van der Waals surface area contributed by atoms with Crippen LogP contribution in [0.3, 0.4) is 0 Å². The van der Waals surface area contributed by atoms with Crippen molar-refractivity contribution in [2.45, 2.75) is 13.8 Å². The zero-order valence-corrected chi connectivity index (χ0v) is 11.0. The lowest BCUT2D eigenvalue weighted by Gasteiger charge is -2.08. The summed E-state index contributed by atoms with van der Waals surface area (Å²) in [4.78, 5) is 15.5. The van der Waals surface area contributed by atoms with Crippen LogP contribution in [0.25, 0.3) is 22.2 Å². The summed E-state index contributed by atoms with van der Waals surface area (Å²) in [5, 5.41) is 0.733. The van der Waals surface area contributed by atoms with Gasteiger partial charge in [0, 0.05) is 28.2 Å². The molecular weight excluding hydrogens is 234 g/mol. The normalized spacial score (nSPS) is 10.8. The summed E-state index contributed by atoms with van der Waals surface area (Å²) in [5.41, 5.74) is 5.26. The van der Waals surface area contributed by atoms with Gasteiger partial charge in [-0.3, -0.25) is 4.79 Å². The molecule has 0 unspecified atom stereocenters. The molecule has 0 bridgehead atoms. The van der Waals surface area contributed by atoms with Gasteiger partial charge in [-0.1, -0.05) is 29.8 Å². The highest BCUT2D eigenvalue weighted by Crippen LogP contribution is 2.23. The number of fused-ring (bicyclic) bond motifs is 1. The van der Waals surface area contributed by atoms with E-state index in [4.69, 9.17) is 0 Å². The van der Waals surface area contributed by atoms with Crippen molar-refractivity contribution in [2.24, 2.45) is 0 Å². The molecule has 1 N–H and O–H groups in total. The number of pyridine rings is 1. The lowest BCUT2D eigenvalue weighted by molar-refractivity contribution is 1.33. The van der Waals surface area contributed by atoms with E-state index in [2.05, 4.69) is 37.0 Å². The van der Waals surface area contributed by atoms with Gasteiger partial charge in [0.2, 0.25) is 0 Å². The van der Waals surface area contributed by atoms with Crippen molar-refractivity contribution < 1.29 is 0 Å². The number of aryl methyl sites for hydroxylation is 2. The van der Waals surface area contributed by atoms with Crippen LogP contribution in [0.15, 0.2) is 53.3 Å². The van der Waals surface area contributed by atoms with E-state index in [0.717, 1.165) is 27.7 Å². The molecule has 0 saturated carbocycles. The van der Waals surface area contributed by atoms with Gasteiger partial charge < -0.3 is 4.98 Å². The first-order valence-corrected chi connectivity index (χ1v) is 6.35. The topological polar surface area (TPSA) is 32.9 Å². The molecule has 0 saturated heterocycles. The number of rotatable bonds is 1. The first-order chi connectivity index (χ1) is 9.15. The molecule has 0 amide bonds. The fourth-order valence-corrected chi connectivity index (χ4v) is 2.37. The minimum absolute atomic E-state index is 0.0604. The molecule has 0 spiro atoms. The number of benzene rings is 2. The minimum Gasteiger partial charge on any atom is -0.354 e. The fourth-order valence-electron chi connectivity index (χ4n) is 2.37. The molecule has 0 fully saturated rings. The first-order valence-electron chi connectivity index (χ1n) is 6.35. The molecule has 0 atom stereocenters. The van der Waals surface area contributed by atoms with Crippen LogP contribution in [0.4, 0.5) is 0 Å². The van der Waals surface area contributed by atoms with Gasteiger partial charge in [-0.05, 0) is 37.6 Å². The van der Waals surface area contributed by atoms with E-state index in [1.165, 1.54) is 5.56 Å². The van der Waals surface area contributed by atoms with Gasteiger partial charge in [-0.2, -0.15) is 0 Å². The Hall–Kier alpha value is -2.35. The van der Waals surface area contributed by atoms with Crippen molar-refractivity contribution in [1.82, 2.24) is 4.98 Å². The molecule has 0 aliphatic rings. The van der Waals surface area contributed by atoms with E-state index in [-0.39, 0.29) is 5.43 Å². The van der Waals surface area contributed by atoms with Crippen molar-refractivity contribution in [3.05, 3.63) is 69.9 Å². The zero-order chi connectivity index (χ0) is 13.4. The number of hydrogen-bond donors (Lipinski definition) is 1. The van der Waals surface area contributed by atoms with Gasteiger partial charge in [0.15, 0.2) is 5.43 Å². The number of nitrogens with one attached hydrogen (secondary N) is 1. The van der Waals surface area contributed by atoms with E-state index in [1.54, 1.807) is 6.07 Å². The number of aromatic nitrogens is 1. The van der Waals surface area contributed by atoms with Crippen molar-refractivity contribution in [2.75, 3.05) is 0 Å². The van der Waals surface area contributed by atoms with Gasteiger partial charge in [0.25, 0.3) is 0 Å². The predicted molar refractivity (Wildman–Crippen MR) is 79.5 cm³/mol. The van der Waals surface area contributed by atoms with Gasteiger partial charge in [-0.15, -0.1) is 0 Å². The van der Waals surface area contributed by atoms with Crippen molar-refractivity contribution in [1.29, 1.82) is 0 Å². The third kappa shape index (κ3) is 2.06. The average Bonchev–Trinajstić information content (AvgIpc) is 2.41. The number of H-pyrrole nitrogens is 1. The maximum Gasteiger partial charge on any atom is 0.190 e. The lowest BCUT2D eigenvalue weighted by Crippen LogP contribution is -2.03. The van der Waals surface area contributed by atoms with Gasteiger partial charge >= 0.3 is 0 Å². The third-order valence-corrected chi connectivity index (χ3v) is 3.42. The molecule has 1 aromatic heterocycles. The van der Waals surface area contributed by atoms with Gasteiger partial charge in [0.05, 0.1) is 0 Å². The summed E-state index contributed by atoms with van der Waals surface area (Å²) in [5.74, 6) is 0. The van der Waals surface area contributed by atoms with Gasteiger partial charge in [0.1, 0.15) is 0 Å². The molecule has 2 aromatic carbocycles. The zero-order valence-electron chi connectivity index (χ0n) is 11.0. The monoisotopic (exact) mass is 249 g/mol. The average molecular weight is 249 g/mol. The Morgan fingerprint density at radius 3 is 2.58 bits per heavy atom. The largest absolute Gasteiger partial charge is 0.354 e. The Bertz CT molecular complexity index is 815. The fraction of sp³-hybridized carbons (Fsp3) is 0.118. The van der Waals surface area contributed by atoms with E-state index >= 15 is 0 Å². The Kier molecular flexibility index (Phi) is 2.71. The number of aromatic amines is 1. The summed E-state index contributed by atoms with van der Waals surface area (Å²) in [7, 11) is 0. The van der Waals surface area contributed by atoms with Crippen molar-refractivity contribution in [3.8, 4) is 11.3 Å². The summed E-state index contributed by atoms with van der Waals surface area (Å²) < 4.78 is 0. The number of hydrogen-bond acceptors (Lipinski definition) is 1. The Labute approximate surface area is 111 Å². The molecule has 0 aliphatic heterocycles. The quantitative estimate of drug-likeness (QED) is 0.699. The third-order valence-electron chi connectivity index (χ3n) is 3.42. The molecule has 19 heavy (non-hydrogen) atoms. The molecule has 3 aromatic rings. The second kappa shape index (κ2) is 4.39. The summed E-state index contributed by atoms with van der Waals surface area (Å²) >= 11 is 0. The van der Waals surface area contributed by atoms with Crippen LogP contribution in [-0.2, 0) is 0 Å². The van der Waals surface area contributed by atoms with Crippen LogP contribution in [0.1, 0.15) is 11.1 Å². The second-order valence-electron chi connectivity index (χ2n) is 4.91. The first kappa shape index (κ1) is 11.7. The maximum absolute atomic E-state index is 12.1. The Morgan fingerprint density at radius 1 is 0.947 bits per heavy atom.